The zero-order valence-electron chi connectivity index (χ0n) is 16.9. The van der Waals surface area contributed by atoms with E-state index in [9.17, 15) is 28.9 Å². The van der Waals surface area contributed by atoms with E-state index >= 15 is 0 Å². The summed E-state index contributed by atoms with van der Waals surface area (Å²) in [7, 11) is -4.21. The van der Waals surface area contributed by atoms with E-state index < -0.39 is 43.9 Å². The molecular formula is C18H29N4O7P. The van der Waals surface area contributed by atoms with E-state index in [-0.39, 0.29) is 25.5 Å². The second-order valence-corrected chi connectivity index (χ2v) is 9.02. The summed E-state index contributed by atoms with van der Waals surface area (Å²) in [6.07, 6.45) is -1.44. The number of carboxylic acids is 1. The number of carboxylic acid groups (broad SMARTS) is 1. The van der Waals surface area contributed by atoms with Crippen LogP contribution in [-0.4, -0.2) is 52.9 Å². The van der Waals surface area contributed by atoms with Crippen LogP contribution in [0.1, 0.15) is 25.8 Å². The van der Waals surface area contributed by atoms with Crippen molar-refractivity contribution in [2.24, 2.45) is 11.7 Å². The second kappa shape index (κ2) is 12.3. The number of aliphatic carboxylic acids is 1. The molecule has 0 radical (unpaired) electrons. The third-order valence-electron chi connectivity index (χ3n) is 3.88. The topological polar surface area (TPSA) is 180 Å². The molecule has 12 heteroatoms. The Hall–Kier alpha value is -2.46. The summed E-state index contributed by atoms with van der Waals surface area (Å²) >= 11 is 0. The van der Waals surface area contributed by atoms with Gasteiger partial charge in [-0.15, -0.1) is 0 Å². The maximum absolute atomic E-state index is 12.3. The summed E-state index contributed by atoms with van der Waals surface area (Å²) < 4.78 is 17.2. The van der Waals surface area contributed by atoms with Crippen LogP contribution in [0.5, 0.6) is 0 Å². The minimum Gasteiger partial charge on any atom is -0.480 e. The van der Waals surface area contributed by atoms with Gasteiger partial charge in [0.25, 0.3) is 7.52 Å². The monoisotopic (exact) mass is 444 g/mol. The molecule has 1 unspecified atom stereocenters. The lowest BCUT2D eigenvalue weighted by atomic mass is 10.0. The minimum absolute atomic E-state index is 0.00530. The van der Waals surface area contributed by atoms with Gasteiger partial charge in [0.15, 0.2) is 0 Å². The Kier molecular flexibility index (Phi) is 10.5. The zero-order valence-corrected chi connectivity index (χ0v) is 17.8. The van der Waals surface area contributed by atoms with Crippen molar-refractivity contribution >= 4 is 25.5 Å². The van der Waals surface area contributed by atoms with Crippen LogP contribution in [0.25, 0.3) is 0 Å². The van der Waals surface area contributed by atoms with Gasteiger partial charge in [0, 0.05) is 6.54 Å². The number of hydrogen-bond acceptors (Lipinski definition) is 6. The number of ether oxygens (including phenoxy) is 1. The zero-order chi connectivity index (χ0) is 22.7. The maximum Gasteiger partial charge on any atom is 0.407 e. The third kappa shape index (κ3) is 9.84. The van der Waals surface area contributed by atoms with Gasteiger partial charge in [-0.3, -0.25) is 9.36 Å². The highest BCUT2D eigenvalue weighted by Gasteiger charge is 2.30. The van der Waals surface area contributed by atoms with Crippen LogP contribution in [0.3, 0.4) is 0 Å². The number of nitrogens with two attached hydrogens (primary N) is 1. The molecule has 11 nitrogen and oxygen atoms in total. The standard InChI is InChI=1S/C18H29N4O7P/c1-12(2)8-14(17(24)25)21-16(23)15(9-19)22-30(27,28)11-20-18(26)29-10-13-6-4-3-5-7-13/h3-7,12,14-15H,8-11,19H2,1-2H3,(H,20,26)(H,21,23)(H,24,25)(H2,22,27,28)/t14-,15-/m0/s1. The summed E-state index contributed by atoms with van der Waals surface area (Å²) in [6.45, 7) is 3.22. The van der Waals surface area contributed by atoms with E-state index in [1.54, 1.807) is 38.1 Å². The molecule has 0 bridgehead atoms. The fraction of sp³-hybridized carbons (Fsp3) is 0.500. The molecule has 3 atom stereocenters. The van der Waals surface area contributed by atoms with Gasteiger partial charge in [0.05, 0.1) is 0 Å². The summed E-state index contributed by atoms with van der Waals surface area (Å²) in [4.78, 5) is 45.3. The molecule has 0 aliphatic carbocycles. The largest absolute Gasteiger partial charge is 0.480 e. The molecule has 2 amide bonds. The number of carbonyl (C=O) groups excluding carboxylic acids is 2. The molecule has 0 heterocycles. The van der Waals surface area contributed by atoms with Crippen molar-refractivity contribution in [1.82, 2.24) is 15.7 Å². The Balaban J connectivity index is 2.55. The molecule has 1 aromatic carbocycles. The lowest BCUT2D eigenvalue weighted by Gasteiger charge is -2.23. The van der Waals surface area contributed by atoms with Gasteiger partial charge >= 0.3 is 12.1 Å². The number of hydrogen-bond donors (Lipinski definition) is 6. The van der Waals surface area contributed by atoms with Gasteiger partial charge in [0.1, 0.15) is 25.0 Å². The van der Waals surface area contributed by atoms with Crippen LogP contribution in [0.2, 0.25) is 0 Å². The number of benzene rings is 1. The Labute approximate surface area is 174 Å². The van der Waals surface area contributed by atoms with Gasteiger partial charge in [-0.1, -0.05) is 44.2 Å². The van der Waals surface area contributed by atoms with Crippen LogP contribution >= 0.6 is 7.52 Å². The average Bonchev–Trinajstić information content (AvgIpc) is 2.68. The van der Waals surface area contributed by atoms with E-state index in [1.807, 2.05) is 6.07 Å². The summed E-state index contributed by atoms with van der Waals surface area (Å²) in [5.74, 6) is -2.04. The fourth-order valence-corrected chi connectivity index (χ4v) is 3.56. The average molecular weight is 444 g/mol. The Bertz CT molecular complexity index is 760. The molecule has 0 fully saturated rings. The van der Waals surface area contributed by atoms with Gasteiger partial charge in [-0.2, -0.15) is 0 Å². The smallest absolute Gasteiger partial charge is 0.407 e. The molecule has 0 aliphatic rings. The highest BCUT2D eigenvalue weighted by molar-refractivity contribution is 7.55. The van der Waals surface area contributed by atoms with Crippen molar-refractivity contribution in [3.63, 3.8) is 0 Å². The molecule has 1 rings (SSSR count). The molecule has 0 saturated carbocycles. The van der Waals surface area contributed by atoms with Crippen molar-refractivity contribution in [3.8, 4) is 0 Å². The number of alkyl carbamates (subject to hydrolysis) is 1. The molecule has 0 spiro atoms. The van der Waals surface area contributed by atoms with E-state index in [0.29, 0.717) is 0 Å². The summed E-state index contributed by atoms with van der Waals surface area (Å²) in [5.41, 5.74) is 6.23. The summed E-state index contributed by atoms with van der Waals surface area (Å²) in [6, 6.07) is 6.38. The molecule has 168 valence electrons. The Morgan fingerprint density at radius 1 is 1.17 bits per heavy atom. The van der Waals surface area contributed by atoms with Crippen molar-refractivity contribution in [3.05, 3.63) is 35.9 Å². The molecule has 30 heavy (non-hydrogen) atoms. The van der Waals surface area contributed by atoms with Crippen LogP contribution in [-0.2, 0) is 25.5 Å². The highest BCUT2D eigenvalue weighted by atomic mass is 31.2. The predicted octanol–water partition coefficient (Wildman–Crippen LogP) is 0.588. The molecule has 0 saturated heterocycles. The molecule has 0 aliphatic heterocycles. The lowest BCUT2D eigenvalue weighted by Crippen LogP contribution is -2.53. The first kappa shape index (κ1) is 25.6. The first-order chi connectivity index (χ1) is 14.0. The van der Waals surface area contributed by atoms with Crippen molar-refractivity contribution in [2.75, 3.05) is 12.8 Å². The molecule has 7 N–H and O–H groups in total. The first-order valence-corrected chi connectivity index (χ1v) is 11.2. The number of amides is 2. The van der Waals surface area contributed by atoms with Crippen LogP contribution < -0.4 is 21.5 Å². The quantitative estimate of drug-likeness (QED) is 0.251. The first-order valence-electron chi connectivity index (χ1n) is 9.31. The van der Waals surface area contributed by atoms with Gasteiger partial charge in [-0.25, -0.2) is 14.7 Å². The summed E-state index contributed by atoms with van der Waals surface area (Å²) in [5, 5.41) is 15.8. The molecule has 1 aromatic rings. The lowest BCUT2D eigenvalue weighted by molar-refractivity contribution is -0.142. The molecule has 0 aromatic heterocycles. The van der Waals surface area contributed by atoms with Gasteiger partial charge in [0.2, 0.25) is 5.91 Å². The van der Waals surface area contributed by atoms with E-state index in [0.717, 1.165) is 5.56 Å². The van der Waals surface area contributed by atoms with E-state index in [4.69, 9.17) is 10.5 Å². The van der Waals surface area contributed by atoms with E-state index in [1.165, 1.54) is 0 Å². The Morgan fingerprint density at radius 3 is 2.33 bits per heavy atom. The van der Waals surface area contributed by atoms with E-state index in [2.05, 4.69) is 15.7 Å². The van der Waals surface area contributed by atoms with Crippen LogP contribution in [0.15, 0.2) is 30.3 Å². The van der Waals surface area contributed by atoms with Gasteiger partial charge < -0.3 is 31.1 Å². The van der Waals surface area contributed by atoms with Crippen LogP contribution in [0.4, 0.5) is 4.79 Å². The number of rotatable bonds is 12. The number of nitrogens with one attached hydrogen (secondary N) is 3. The van der Waals surface area contributed by atoms with Crippen molar-refractivity contribution < 1.29 is 33.7 Å². The SMILES string of the molecule is CC(C)C[C@H](NC(=O)[C@H](CN)NP(=O)(O)CNC(=O)OCc1ccccc1)C(=O)O. The second-order valence-electron chi connectivity index (χ2n) is 7.04. The van der Waals surface area contributed by atoms with Crippen LogP contribution in [0, 0.1) is 5.92 Å². The van der Waals surface area contributed by atoms with Gasteiger partial charge in [-0.05, 0) is 17.9 Å². The predicted molar refractivity (Wildman–Crippen MR) is 109 cm³/mol. The Morgan fingerprint density at radius 2 is 1.80 bits per heavy atom. The van der Waals surface area contributed by atoms with Crippen molar-refractivity contribution in [1.29, 1.82) is 0 Å². The maximum atomic E-state index is 12.3. The number of carbonyl (C=O) groups is 3. The fourth-order valence-electron chi connectivity index (χ4n) is 2.42. The van der Waals surface area contributed by atoms with Crippen molar-refractivity contribution in [2.45, 2.75) is 39.0 Å². The highest BCUT2D eigenvalue weighted by Crippen LogP contribution is 2.34. The normalized spacial score (nSPS) is 15.0. The third-order valence-corrected chi connectivity index (χ3v) is 5.18. The molecular weight excluding hydrogens is 415 g/mol. The minimum atomic E-state index is -4.21.